The van der Waals surface area contributed by atoms with Gasteiger partial charge in [-0.25, -0.2) is 15.0 Å². The van der Waals surface area contributed by atoms with E-state index >= 15 is 0 Å². The number of aromatic nitrogens is 4. The molecule has 9 aromatic carbocycles. The number of hydrogen-bond acceptors (Lipinski definition) is 4. The lowest BCUT2D eigenvalue weighted by molar-refractivity contribution is 1.06. The Morgan fingerprint density at radius 2 is 0.823 bits per heavy atom. The van der Waals surface area contributed by atoms with Gasteiger partial charge in [-0.2, -0.15) is 0 Å². The summed E-state index contributed by atoms with van der Waals surface area (Å²) in [4.78, 5) is 15.7. The second-order valence-corrected chi connectivity index (χ2v) is 16.6. The Morgan fingerprint density at radius 3 is 1.56 bits per heavy atom. The minimum absolute atomic E-state index is 0.604. The number of fused-ring (bicyclic) bond motifs is 6. The van der Waals surface area contributed by atoms with Gasteiger partial charge in [0.15, 0.2) is 17.5 Å². The molecule has 5 heteroatoms. The zero-order valence-electron chi connectivity index (χ0n) is 33.5. The Balaban J connectivity index is 1.11. The first-order valence-corrected chi connectivity index (χ1v) is 21.7. The Kier molecular flexibility index (Phi) is 8.65. The average molecular weight is 809 g/mol. The lowest BCUT2D eigenvalue weighted by Gasteiger charge is -2.17. The molecule has 0 radical (unpaired) electrons. The van der Waals surface area contributed by atoms with E-state index in [-0.39, 0.29) is 0 Å². The minimum atomic E-state index is 0.604. The molecule has 3 heterocycles. The quantitative estimate of drug-likeness (QED) is 0.161. The standard InChI is InChI=1S/C57H36N4S/c1-4-15-37(16-5-1)39-27-29-41(30-28-39)56-58-55(40-19-8-3-9-20-40)59-57(60-56)49-34-31-42(38-17-6-2-7-18-38)35-52(49)61-50-25-12-10-21-45(50)46-33-32-43(36-51(46)61)44-23-14-24-48-47-22-11-13-26-53(47)62-54(44)48/h1-36H. The van der Waals surface area contributed by atoms with Gasteiger partial charge in [0.2, 0.25) is 0 Å². The van der Waals surface area contributed by atoms with Crippen molar-refractivity contribution in [3.05, 3.63) is 218 Å². The van der Waals surface area contributed by atoms with Crippen LogP contribution in [0.3, 0.4) is 0 Å². The first-order chi connectivity index (χ1) is 30.7. The maximum absolute atomic E-state index is 5.32. The molecule has 12 rings (SSSR count). The molecular formula is C57H36N4S. The third kappa shape index (κ3) is 6.18. The van der Waals surface area contributed by atoms with Crippen molar-refractivity contribution in [2.24, 2.45) is 0 Å². The molecule has 0 aliphatic heterocycles. The molecular weight excluding hydrogens is 773 g/mol. The van der Waals surface area contributed by atoms with Gasteiger partial charge in [0, 0.05) is 47.6 Å². The fourth-order valence-electron chi connectivity index (χ4n) is 8.87. The molecule has 0 bridgehead atoms. The first-order valence-electron chi connectivity index (χ1n) is 20.8. The van der Waals surface area contributed by atoms with Crippen LogP contribution < -0.4 is 0 Å². The van der Waals surface area contributed by atoms with Gasteiger partial charge in [-0.3, -0.25) is 0 Å². The van der Waals surface area contributed by atoms with E-state index in [2.05, 4.69) is 199 Å². The van der Waals surface area contributed by atoms with Crippen LogP contribution in [-0.4, -0.2) is 19.5 Å². The van der Waals surface area contributed by atoms with Crippen molar-refractivity contribution in [2.45, 2.75) is 0 Å². The second-order valence-electron chi connectivity index (χ2n) is 15.6. The molecule has 4 nitrogen and oxygen atoms in total. The number of thiophene rings is 1. The Hall–Kier alpha value is -7.99. The van der Waals surface area contributed by atoms with Crippen molar-refractivity contribution >= 4 is 53.3 Å². The molecule has 3 aromatic heterocycles. The maximum atomic E-state index is 5.32. The summed E-state index contributed by atoms with van der Waals surface area (Å²) in [6, 6.07) is 77.5. The number of nitrogens with zero attached hydrogens (tertiary/aromatic N) is 4. The van der Waals surface area contributed by atoms with E-state index in [9.17, 15) is 0 Å². The summed E-state index contributed by atoms with van der Waals surface area (Å²) in [7, 11) is 0. The molecule has 0 N–H and O–H groups in total. The highest BCUT2D eigenvalue weighted by Gasteiger charge is 2.21. The van der Waals surface area contributed by atoms with Crippen molar-refractivity contribution in [3.63, 3.8) is 0 Å². The molecule has 0 atom stereocenters. The van der Waals surface area contributed by atoms with Gasteiger partial charge in [0.1, 0.15) is 0 Å². The topological polar surface area (TPSA) is 43.6 Å². The summed E-state index contributed by atoms with van der Waals surface area (Å²) in [6.07, 6.45) is 0. The molecule has 0 unspecified atom stereocenters. The van der Waals surface area contributed by atoms with Crippen LogP contribution in [0.5, 0.6) is 0 Å². The van der Waals surface area contributed by atoms with Crippen LogP contribution in [0.25, 0.3) is 115 Å². The van der Waals surface area contributed by atoms with E-state index in [0.29, 0.717) is 17.5 Å². The number of rotatable bonds is 7. The van der Waals surface area contributed by atoms with E-state index in [0.717, 1.165) is 50.1 Å². The second kappa shape index (κ2) is 14.9. The summed E-state index contributed by atoms with van der Waals surface area (Å²) in [6.45, 7) is 0. The van der Waals surface area contributed by atoms with Gasteiger partial charge in [0.05, 0.1) is 16.7 Å². The lowest BCUT2D eigenvalue weighted by Crippen LogP contribution is -2.04. The van der Waals surface area contributed by atoms with Gasteiger partial charge < -0.3 is 4.57 Å². The van der Waals surface area contributed by atoms with E-state index in [4.69, 9.17) is 15.0 Å². The molecule has 12 aromatic rings. The lowest BCUT2D eigenvalue weighted by atomic mass is 10.0. The third-order valence-electron chi connectivity index (χ3n) is 11.9. The van der Waals surface area contributed by atoms with Gasteiger partial charge in [-0.05, 0) is 63.7 Å². The number of benzene rings is 9. The van der Waals surface area contributed by atoms with E-state index in [1.165, 1.54) is 47.6 Å². The zero-order valence-corrected chi connectivity index (χ0v) is 34.3. The molecule has 62 heavy (non-hydrogen) atoms. The molecule has 0 spiro atoms. The average Bonchev–Trinajstić information content (AvgIpc) is 3.90. The van der Waals surface area contributed by atoms with Gasteiger partial charge in [-0.15, -0.1) is 11.3 Å². The van der Waals surface area contributed by atoms with Crippen LogP contribution >= 0.6 is 11.3 Å². The molecule has 0 fully saturated rings. The summed E-state index contributed by atoms with van der Waals surface area (Å²) in [5.74, 6) is 1.84. The fraction of sp³-hybridized carbons (Fsp3) is 0. The highest BCUT2D eigenvalue weighted by atomic mass is 32.1. The van der Waals surface area contributed by atoms with Crippen molar-refractivity contribution in [1.29, 1.82) is 0 Å². The SMILES string of the molecule is c1ccc(-c2ccc(-c3nc(-c4ccccc4)nc(-c4ccc(-c5ccccc5)cc4-n4c5ccccc5c5ccc(-c6cccc7c6sc6ccccc67)cc54)n3)cc2)cc1. The first kappa shape index (κ1) is 35.9. The van der Waals surface area contributed by atoms with Crippen LogP contribution in [0.2, 0.25) is 0 Å². The van der Waals surface area contributed by atoms with Crippen LogP contribution in [-0.2, 0) is 0 Å². The molecule has 0 saturated carbocycles. The van der Waals surface area contributed by atoms with E-state index < -0.39 is 0 Å². The third-order valence-corrected chi connectivity index (χ3v) is 13.1. The predicted molar refractivity (Wildman–Crippen MR) is 260 cm³/mol. The number of hydrogen-bond donors (Lipinski definition) is 0. The molecule has 0 amide bonds. The van der Waals surface area contributed by atoms with Crippen molar-refractivity contribution in [3.8, 4) is 73.2 Å². The predicted octanol–water partition coefficient (Wildman–Crippen LogP) is 15.3. The Morgan fingerprint density at radius 1 is 0.306 bits per heavy atom. The zero-order chi connectivity index (χ0) is 41.0. The number of para-hydroxylation sites is 1. The minimum Gasteiger partial charge on any atom is -0.308 e. The Bertz CT molecular complexity index is 3610. The van der Waals surface area contributed by atoms with Gasteiger partial charge in [0.25, 0.3) is 0 Å². The Labute approximate surface area is 362 Å². The van der Waals surface area contributed by atoms with E-state index in [1.807, 2.05) is 35.6 Å². The summed E-state index contributed by atoms with van der Waals surface area (Å²) in [5.41, 5.74) is 12.9. The van der Waals surface area contributed by atoms with Gasteiger partial charge in [-0.1, -0.05) is 188 Å². The highest BCUT2D eigenvalue weighted by molar-refractivity contribution is 7.26. The molecule has 290 valence electrons. The van der Waals surface area contributed by atoms with Crippen LogP contribution in [0.4, 0.5) is 0 Å². The van der Waals surface area contributed by atoms with Crippen molar-refractivity contribution < 1.29 is 0 Å². The normalized spacial score (nSPS) is 11.5. The van der Waals surface area contributed by atoms with Crippen LogP contribution in [0.1, 0.15) is 0 Å². The maximum Gasteiger partial charge on any atom is 0.166 e. The van der Waals surface area contributed by atoms with E-state index in [1.54, 1.807) is 0 Å². The fourth-order valence-corrected chi connectivity index (χ4v) is 10.1. The molecule has 0 aliphatic rings. The summed E-state index contributed by atoms with van der Waals surface area (Å²) >= 11 is 1.86. The van der Waals surface area contributed by atoms with Crippen LogP contribution in [0.15, 0.2) is 218 Å². The van der Waals surface area contributed by atoms with Crippen molar-refractivity contribution in [1.82, 2.24) is 19.5 Å². The van der Waals surface area contributed by atoms with Crippen LogP contribution in [0, 0.1) is 0 Å². The van der Waals surface area contributed by atoms with Crippen molar-refractivity contribution in [2.75, 3.05) is 0 Å². The largest absolute Gasteiger partial charge is 0.308 e. The molecule has 0 aliphatic carbocycles. The highest BCUT2D eigenvalue weighted by Crippen LogP contribution is 2.43. The smallest absolute Gasteiger partial charge is 0.166 e. The van der Waals surface area contributed by atoms with Gasteiger partial charge >= 0.3 is 0 Å². The summed E-state index contributed by atoms with van der Waals surface area (Å²) in [5, 5.41) is 4.95. The summed E-state index contributed by atoms with van der Waals surface area (Å²) < 4.78 is 5.01. The molecule has 0 saturated heterocycles. The monoisotopic (exact) mass is 808 g/mol.